The highest BCUT2D eigenvalue weighted by Gasteiger charge is 2.40. The summed E-state index contributed by atoms with van der Waals surface area (Å²) in [7, 11) is 0. The molecule has 20 heavy (non-hydrogen) atoms. The number of ether oxygens (including phenoxy) is 1. The number of benzene rings is 1. The van der Waals surface area contributed by atoms with E-state index in [2.05, 4.69) is 18.2 Å². The second-order valence-electron chi connectivity index (χ2n) is 6.76. The lowest BCUT2D eigenvalue weighted by Gasteiger charge is -2.43. The number of aliphatic hydroxyl groups is 1. The molecule has 1 aromatic rings. The van der Waals surface area contributed by atoms with Crippen LogP contribution in [-0.4, -0.2) is 23.9 Å². The first-order chi connectivity index (χ1) is 9.55. The predicted molar refractivity (Wildman–Crippen MR) is 80.1 cm³/mol. The zero-order chi connectivity index (χ0) is 14.2. The molecule has 0 atom stereocenters. The molecule has 0 spiro atoms. The molecule has 0 radical (unpaired) electrons. The molecule has 3 rings (SSSR count). The van der Waals surface area contributed by atoms with Gasteiger partial charge in [0, 0.05) is 12.0 Å². The summed E-state index contributed by atoms with van der Waals surface area (Å²) in [4.78, 5) is 0. The van der Waals surface area contributed by atoms with Gasteiger partial charge in [0.2, 0.25) is 0 Å². The summed E-state index contributed by atoms with van der Waals surface area (Å²) in [5.41, 5.74) is 8.29. The quantitative estimate of drug-likeness (QED) is 0.872. The summed E-state index contributed by atoms with van der Waals surface area (Å²) in [5.74, 6) is 1.04. The van der Waals surface area contributed by atoms with Crippen LogP contribution in [0, 0.1) is 0 Å². The molecule has 1 aliphatic carbocycles. The maximum atomic E-state index is 10.2. The molecule has 0 amide bonds. The Kier molecular flexibility index (Phi) is 3.51. The number of hydrogen-bond donors (Lipinski definition) is 2. The SMILES string of the molecule is CC1(O)CCC(CN)(c2ccc3c(c2)CCCO3)CC1. The van der Waals surface area contributed by atoms with Gasteiger partial charge in [-0.2, -0.15) is 0 Å². The van der Waals surface area contributed by atoms with Crippen LogP contribution < -0.4 is 10.5 Å². The second-order valence-corrected chi connectivity index (χ2v) is 6.76. The van der Waals surface area contributed by atoms with E-state index in [1.165, 1.54) is 11.1 Å². The molecule has 0 bridgehead atoms. The molecule has 1 fully saturated rings. The Morgan fingerprint density at radius 2 is 2.00 bits per heavy atom. The molecule has 1 aliphatic heterocycles. The van der Waals surface area contributed by atoms with E-state index in [1.807, 2.05) is 6.92 Å². The maximum absolute atomic E-state index is 10.2. The molecule has 0 unspecified atom stereocenters. The summed E-state index contributed by atoms with van der Waals surface area (Å²) in [6.07, 6.45) is 5.80. The molecule has 3 N–H and O–H groups in total. The molecule has 1 aromatic carbocycles. The Morgan fingerprint density at radius 1 is 1.25 bits per heavy atom. The lowest BCUT2D eigenvalue weighted by Crippen LogP contribution is -2.44. The van der Waals surface area contributed by atoms with Gasteiger partial charge in [-0.1, -0.05) is 12.1 Å². The Bertz CT molecular complexity index is 486. The lowest BCUT2D eigenvalue weighted by atomic mass is 9.65. The van der Waals surface area contributed by atoms with Gasteiger partial charge in [-0.15, -0.1) is 0 Å². The second kappa shape index (κ2) is 5.05. The van der Waals surface area contributed by atoms with Crippen molar-refractivity contribution in [3.8, 4) is 5.75 Å². The Morgan fingerprint density at radius 3 is 2.70 bits per heavy atom. The minimum absolute atomic E-state index is 0.0364. The fourth-order valence-electron chi connectivity index (χ4n) is 3.57. The molecule has 3 nitrogen and oxygen atoms in total. The van der Waals surface area contributed by atoms with Gasteiger partial charge in [-0.25, -0.2) is 0 Å². The van der Waals surface area contributed by atoms with Crippen molar-refractivity contribution in [2.75, 3.05) is 13.2 Å². The minimum Gasteiger partial charge on any atom is -0.493 e. The van der Waals surface area contributed by atoms with E-state index < -0.39 is 5.60 Å². The van der Waals surface area contributed by atoms with Crippen LogP contribution in [0.15, 0.2) is 18.2 Å². The fraction of sp³-hybridized carbons (Fsp3) is 0.647. The third kappa shape index (κ3) is 2.45. The molecule has 110 valence electrons. The Balaban J connectivity index is 1.90. The summed E-state index contributed by atoms with van der Waals surface area (Å²) in [6, 6.07) is 6.58. The first kappa shape index (κ1) is 13.9. The van der Waals surface area contributed by atoms with Gasteiger partial charge in [-0.3, -0.25) is 0 Å². The average Bonchev–Trinajstić information content (AvgIpc) is 2.47. The van der Waals surface area contributed by atoms with Gasteiger partial charge in [0.1, 0.15) is 5.75 Å². The van der Waals surface area contributed by atoms with Crippen molar-refractivity contribution >= 4 is 0 Å². The third-order valence-corrected chi connectivity index (χ3v) is 5.20. The average molecular weight is 275 g/mol. The standard InChI is InChI=1S/C17H25NO2/c1-16(19)6-8-17(12-18,9-7-16)14-4-5-15-13(11-14)3-2-10-20-15/h4-5,11,19H,2-3,6-10,12,18H2,1H3. The van der Waals surface area contributed by atoms with Crippen molar-refractivity contribution in [3.05, 3.63) is 29.3 Å². The van der Waals surface area contributed by atoms with Gasteiger partial charge in [-0.05, 0) is 62.6 Å². The first-order valence-electron chi connectivity index (χ1n) is 7.73. The third-order valence-electron chi connectivity index (χ3n) is 5.20. The van der Waals surface area contributed by atoms with Crippen LogP contribution in [0.3, 0.4) is 0 Å². The molecule has 1 heterocycles. The van der Waals surface area contributed by atoms with Crippen LogP contribution in [0.25, 0.3) is 0 Å². The van der Waals surface area contributed by atoms with Gasteiger partial charge in [0.15, 0.2) is 0 Å². The molecule has 3 heteroatoms. The van der Waals surface area contributed by atoms with Crippen molar-refractivity contribution < 1.29 is 9.84 Å². The highest BCUT2D eigenvalue weighted by molar-refractivity contribution is 5.42. The highest BCUT2D eigenvalue weighted by Crippen LogP contribution is 2.43. The van der Waals surface area contributed by atoms with Crippen LogP contribution in [0.2, 0.25) is 0 Å². The van der Waals surface area contributed by atoms with Crippen molar-refractivity contribution in [2.24, 2.45) is 5.73 Å². The van der Waals surface area contributed by atoms with Crippen LogP contribution in [0.4, 0.5) is 0 Å². The van der Waals surface area contributed by atoms with E-state index in [4.69, 9.17) is 10.5 Å². The minimum atomic E-state index is -0.518. The van der Waals surface area contributed by atoms with Crippen molar-refractivity contribution in [2.45, 2.75) is 56.5 Å². The van der Waals surface area contributed by atoms with Crippen LogP contribution in [-0.2, 0) is 11.8 Å². The van der Waals surface area contributed by atoms with Crippen molar-refractivity contribution in [1.82, 2.24) is 0 Å². The summed E-state index contributed by atoms with van der Waals surface area (Å²) < 4.78 is 5.69. The van der Waals surface area contributed by atoms with Crippen molar-refractivity contribution in [3.63, 3.8) is 0 Å². The topological polar surface area (TPSA) is 55.5 Å². The van der Waals surface area contributed by atoms with Gasteiger partial charge < -0.3 is 15.6 Å². The molecule has 2 aliphatic rings. The molecular formula is C17H25NO2. The highest BCUT2D eigenvalue weighted by atomic mass is 16.5. The first-order valence-corrected chi connectivity index (χ1v) is 7.73. The van der Waals surface area contributed by atoms with Crippen LogP contribution in [0.5, 0.6) is 5.75 Å². The normalized spacial score (nSPS) is 33.4. The maximum Gasteiger partial charge on any atom is 0.122 e. The van der Waals surface area contributed by atoms with E-state index >= 15 is 0 Å². The monoisotopic (exact) mass is 275 g/mol. The predicted octanol–water partition coefficient (Wildman–Crippen LogP) is 2.53. The van der Waals surface area contributed by atoms with Crippen LogP contribution >= 0.6 is 0 Å². The number of rotatable bonds is 2. The number of aryl methyl sites for hydroxylation is 1. The van der Waals surface area contributed by atoms with E-state index in [9.17, 15) is 5.11 Å². The zero-order valence-corrected chi connectivity index (χ0v) is 12.3. The summed E-state index contributed by atoms with van der Waals surface area (Å²) in [6.45, 7) is 3.42. The van der Waals surface area contributed by atoms with E-state index in [1.54, 1.807) is 0 Å². The molecule has 0 aromatic heterocycles. The van der Waals surface area contributed by atoms with Crippen molar-refractivity contribution in [1.29, 1.82) is 0 Å². The van der Waals surface area contributed by atoms with Gasteiger partial charge >= 0.3 is 0 Å². The van der Waals surface area contributed by atoms with Crippen LogP contribution in [0.1, 0.15) is 50.2 Å². The molecule has 1 saturated carbocycles. The Hall–Kier alpha value is -1.06. The van der Waals surface area contributed by atoms with Gasteiger partial charge in [0.25, 0.3) is 0 Å². The molecule has 0 saturated heterocycles. The fourth-order valence-corrected chi connectivity index (χ4v) is 3.57. The smallest absolute Gasteiger partial charge is 0.122 e. The van der Waals surface area contributed by atoms with E-state index in [0.29, 0.717) is 6.54 Å². The summed E-state index contributed by atoms with van der Waals surface area (Å²) in [5, 5.41) is 10.2. The number of fused-ring (bicyclic) bond motifs is 1. The summed E-state index contributed by atoms with van der Waals surface area (Å²) >= 11 is 0. The van der Waals surface area contributed by atoms with Gasteiger partial charge in [0.05, 0.1) is 12.2 Å². The van der Waals surface area contributed by atoms with E-state index in [-0.39, 0.29) is 5.41 Å². The molecular weight excluding hydrogens is 250 g/mol. The largest absolute Gasteiger partial charge is 0.493 e. The number of hydrogen-bond acceptors (Lipinski definition) is 3. The lowest BCUT2D eigenvalue weighted by molar-refractivity contribution is 0.00141. The Labute approximate surface area is 121 Å². The zero-order valence-electron chi connectivity index (χ0n) is 12.3. The number of nitrogens with two attached hydrogens (primary N) is 1. The van der Waals surface area contributed by atoms with E-state index in [0.717, 1.165) is 50.9 Å².